The SMILES string of the molecule is CCCCNC(=O)/C(C#N)=C\Nc1ccc(Nc2ccccc2)cc1. The lowest BCUT2D eigenvalue weighted by atomic mass is 10.2. The van der Waals surface area contributed by atoms with Crippen LogP contribution < -0.4 is 16.0 Å². The molecule has 128 valence electrons. The summed E-state index contributed by atoms with van der Waals surface area (Å²) in [5.74, 6) is -0.356. The largest absolute Gasteiger partial charge is 0.360 e. The minimum atomic E-state index is -0.356. The number of para-hydroxylation sites is 1. The van der Waals surface area contributed by atoms with Crippen LogP contribution >= 0.6 is 0 Å². The Kier molecular flexibility index (Phi) is 7.08. The number of nitrogens with zero attached hydrogens (tertiary/aromatic N) is 1. The van der Waals surface area contributed by atoms with Gasteiger partial charge in [-0.05, 0) is 42.8 Å². The summed E-state index contributed by atoms with van der Waals surface area (Å²) >= 11 is 0. The van der Waals surface area contributed by atoms with Crippen LogP contribution in [-0.4, -0.2) is 12.5 Å². The topological polar surface area (TPSA) is 77.0 Å². The lowest BCUT2D eigenvalue weighted by Crippen LogP contribution is -2.25. The number of carbonyl (C=O) groups is 1. The molecule has 0 aromatic heterocycles. The maximum absolute atomic E-state index is 11.9. The van der Waals surface area contributed by atoms with E-state index in [1.165, 1.54) is 6.20 Å². The minimum absolute atomic E-state index is 0.0580. The zero-order valence-corrected chi connectivity index (χ0v) is 14.3. The summed E-state index contributed by atoms with van der Waals surface area (Å²) in [6.07, 6.45) is 3.32. The molecule has 0 saturated heterocycles. The minimum Gasteiger partial charge on any atom is -0.360 e. The third-order valence-electron chi connectivity index (χ3n) is 3.51. The standard InChI is InChI=1S/C20H22N4O/c1-2-3-13-22-20(25)16(14-21)15-23-17-9-11-19(12-10-17)24-18-7-5-4-6-8-18/h4-12,15,23-24H,2-3,13H2,1H3,(H,22,25)/b16-15-. The average molecular weight is 334 g/mol. The van der Waals surface area contributed by atoms with Crippen molar-refractivity contribution in [2.75, 3.05) is 17.2 Å². The van der Waals surface area contributed by atoms with Crippen molar-refractivity contribution >= 4 is 23.0 Å². The Morgan fingerprint density at radius 2 is 1.68 bits per heavy atom. The molecule has 0 radical (unpaired) electrons. The van der Waals surface area contributed by atoms with Crippen LogP contribution in [0.2, 0.25) is 0 Å². The molecule has 0 atom stereocenters. The second-order valence-corrected chi connectivity index (χ2v) is 5.49. The summed E-state index contributed by atoms with van der Waals surface area (Å²) in [5.41, 5.74) is 2.83. The predicted molar refractivity (Wildman–Crippen MR) is 101 cm³/mol. The molecule has 0 aliphatic heterocycles. The van der Waals surface area contributed by atoms with E-state index in [1.807, 2.05) is 67.6 Å². The van der Waals surface area contributed by atoms with Crippen molar-refractivity contribution in [3.63, 3.8) is 0 Å². The molecule has 5 heteroatoms. The molecule has 2 aromatic rings. The fraction of sp³-hybridized carbons (Fsp3) is 0.200. The smallest absolute Gasteiger partial charge is 0.263 e. The van der Waals surface area contributed by atoms with Gasteiger partial charge in [0.05, 0.1) is 0 Å². The molecule has 1 amide bonds. The highest BCUT2D eigenvalue weighted by Crippen LogP contribution is 2.18. The summed E-state index contributed by atoms with van der Waals surface area (Å²) in [6.45, 7) is 2.62. The van der Waals surface area contributed by atoms with E-state index in [-0.39, 0.29) is 11.5 Å². The van der Waals surface area contributed by atoms with Gasteiger partial charge < -0.3 is 16.0 Å². The Bertz CT molecular complexity index is 746. The van der Waals surface area contributed by atoms with Crippen molar-refractivity contribution < 1.29 is 4.79 Å². The van der Waals surface area contributed by atoms with Crippen LogP contribution in [0.5, 0.6) is 0 Å². The van der Waals surface area contributed by atoms with Gasteiger partial charge >= 0.3 is 0 Å². The second kappa shape index (κ2) is 9.78. The van der Waals surface area contributed by atoms with E-state index in [4.69, 9.17) is 5.26 Å². The number of benzene rings is 2. The second-order valence-electron chi connectivity index (χ2n) is 5.49. The van der Waals surface area contributed by atoms with Gasteiger partial charge in [-0.1, -0.05) is 31.5 Å². The van der Waals surface area contributed by atoms with Crippen LogP contribution in [0.1, 0.15) is 19.8 Å². The first-order chi connectivity index (χ1) is 12.2. The highest BCUT2D eigenvalue weighted by molar-refractivity contribution is 5.97. The molecule has 2 rings (SSSR count). The molecule has 0 aliphatic carbocycles. The monoisotopic (exact) mass is 334 g/mol. The third kappa shape index (κ3) is 6.04. The van der Waals surface area contributed by atoms with E-state index < -0.39 is 0 Å². The van der Waals surface area contributed by atoms with E-state index in [0.29, 0.717) is 6.54 Å². The Hall–Kier alpha value is -3.26. The van der Waals surface area contributed by atoms with Gasteiger partial charge in [-0.15, -0.1) is 0 Å². The van der Waals surface area contributed by atoms with Crippen molar-refractivity contribution in [2.45, 2.75) is 19.8 Å². The first kappa shape index (κ1) is 18.1. The normalized spacial score (nSPS) is 10.6. The van der Waals surface area contributed by atoms with Gasteiger partial charge in [0.25, 0.3) is 5.91 Å². The van der Waals surface area contributed by atoms with Crippen LogP contribution in [0.4, 0.5) is 17.1 Å². The lowest BCUT2D eigenvalue weighted by molar-refractivity contribution is -0.117. The summed E-state index contributed by atoms with van der Waals surface area (Å²) in [4.78, 5) is 11.9. The van der Waals surface area contributed by atoms with Crippen molar-refractivity contribution in [1.29, 1.82) is 5.26 Å². The Morgan fingerprint density at radius 1 is 1.04 bits per heavy atom. The van der Waals surface area contributed by atoms with Gasteiger partial charge in [0.15, 0.2) is 0 Å². The van der Waals surface area contributed by atoms with E-state index in [2.05, 4.69) is 16.0 Å². The number of unbranched alkanes of at least 4 members (excludes halogenated alkanes) is 1. The Balaban J connectivity index is 1.93. The molecule has 0 heterocycles. The molecular formula is C20H22N4O. The lowest BCUT2D eigenvalue weighted by Gasteiger charge is -2.08. The molecule has 0 fully saturated rings. The molecule has 0 spiro atoms. The third-order valence-corrected chi connectivity index (χ3v) is 3.51. The molecule has 5 nitrogen and oxygen atoms in total. The molecule has 0 aliphatic rings. The number of nitrogens with one attached hydrogen (secondary N) is 3. The van der Waals surface area contributed by atoms with Gasteiger partial charge in [-0.25, -0.2) is 0 Å². The Labute approximate surface area is 148 Å². The van der Waals surface area contributed by atoms with Gasteiger partial charge in [-0.2, -0.15) is 5.26 Å². The summed E-state index contributed by atoms with van der Waals surface area (Å²) in [6, 6.07) is 19.4. The fourth-order valence-corrected chi connectivity index (χ4v) is 2.12. The van der Waals surface area contributed by atoms with E-state index in [0.717, 1.165) is 29.9 Å². The summed E-state index contributed by atoms with van der Waals surface area (Å²) in [7, 11) is 0. The first-order valence-electron chi connectivity index (χ1n) is 8.30. The average Bonchev–Trinajstić information content (AvgIpc) is 2.64. The van der Waals surface area contributed by atoms with Crippen LogP contribution in [0.15, 0.2) is 66.4 Å². The maximum atomic E-state index is 11.9. The Morgan fingerprint density at radius 3 is 2.32 bits per heavy atom. The number of carbonyl (C=O) groups excluding carboxylic acids is 1. The number of hydrogen-bond donors (Lipinski definition) is 3. The molecule has 0 bridgehead atoms. The van der Waals surface area contributed by atoms with Crippen molar-refractivity contribution in [3.05, 3.63) is 66.4 Å². The molecular weight excluding hydrogens is 312 g/mol. The van der Waals surface area contributed by atoms with Crippen LogP contribution in [0.25, 0.3) is 0 Å². The number of nitriles is 1. The fourth-order valence-electron chi connectivity index (χ4n) is 2.12. The number of hydrogen-bond acceptors (Lipinski definition) is 4. The summed E-state index contributed by atoms with van der Waals surface area (Å²) in [5, 5.41) is 18.1. The van der Waals surface area contributed by atoms with Gasteiger partial charge in [-0.3, -0.25) is 4.79 Å². The van der Waals surface area contributed by atoms with E-state index >= 15 is 0 Å². The quantitative estimate of drug-likeness (QED) is 0.385. The number of rotatable bonds is 8. The van der Waals surface area contributed by atoms with Gasteiger partial charge in [0, 0.05) is 29.8 Å². The number of anilines is 3. The van der Waals surface area contributed by atoms with Crippen molar-refractivity contribution in [2.24, 2.45) is 0 Å². The van der Waals surface area contributed by atoms with Crippen LogP contribution in [0, 0.1) is 11.3 Å². The maximum Gasteiger partial charge on any atom is 0.263 e. The van der Waals surface area contributed by atoms with E-state index in [9.17, 15) is 4.79 Å². The molecule has 25 heavy (non-hydrogen) atoms. The number of amides is 1. The highest BCUT2D eigenvalue weighted by atomic mass is 16.1. The summed E-state index contributed by atoms with van der Waals surface area (Å²) < 4.78 is 0. The van der Waals surface area contributed by atoms with Gasteiger partial charge in [0.2, 0.25) is 0 Å². The first-order valence-corrected chi connectivity index (χ1v) is 8.30. The van der Waals surface area contributed by atoms with Crippen LogP contribution in [0.3, 0.4) is 0 Å². The molecule has 0 unspecified atom stereocenters. The zero-order chi connectivity index (χ0) is 17.9. The zero-order valence-electron chi connectivity index (χ0n) is 14.3. The molecule has 0 saturated carbocycles. The molecule has 3 N–H and O–H groups in total. The predicted octanol–water partition coefficient (Wildman–Crippen LogP) is 4.17. The van der Waals surface area contributed by atoms with Crippen molar-refractivity contribution in [3.8, 4) is 6.07 Å². The van der Waals surface area contributed by atoms with Crippen molar-refractivity contribution in [1.82, 2.24) is 5.32 Å². The van der Waals surface area contributed by atoms with Gasteiger partial charge in [0.1, 0.15) is 11.6 Å². The molecule has 2 aromatic carbocycles. The van der Waals surface area contributed by atoms with E-state index in [1.54, 1.807) is 0 Å². The highest BCUT2D eigenvalue weighted by Gasteiger charge is 2.07. The van der Waals surface area contributed by atoms with Crippen LogP contribution in [-0.2, 0) is 4.79 Å².